The molecule has 1 nitrogen and oxygen atoms in total. The van der Waals surface area contributed by atoms with Crippen LogP contribution < -0.4 is 5.32 Å². The standard InChI is InChI=1S/C24HCl50N/c25-1(26,5(33,34)9(41,42)13(49,50)17(57,58)21(65,66)67)3(29,30)7(37,38)11(45,46)15(53,54)19(61,62)23(71,72)75-24(73,74)20(63,64)16(55,56)12(47,48)8(39,40)4(31,32)2(27,28)6(35,36)10(43,44)14(51,52)18(59,60)22(68,69)70/h75H. The molecule has 0 aliphatic carbocycles. The van der Waals surface area contributed by atoms with Gasteiger partial charge in [-0.2, -0.15) is 0 Å². The zero-order valence-corrected chi connectivity index (χ0v) is 69.2. The molecule has 0 saturated heterocycles. The Morgan fingerprint density at radius 2 is 0.187 bits per heavy atom. The second-order valence-electron chi connectivity index (χ2n) is 13.8. The zero-order chi connectivity index (χ0) is 62.7. The van der Waals surface area contributed by atoms with Gasteiger partial charge in [0, 0.05) is 0 Å². The molecule has 0 aliphatic heterocycles. The van der Waals surface area contributed by atoms with Crippen LogP contribution in [0.5, 0.6) is 0 Å². The summed E-state index contributed by atoms with van der Waals surface area (Å²) in [5.41, 5.74) is 0. The molecule has 0 saturated carbocycles. The van der Waals surface area contributed by atoms with Gasteiger partial charge in [0.1, 0.15) is 0 Å². The summed E-state index contributed by atoms with van der Waals surface area (Å²) in [5.74, 6) is 0. The van der Waals surface area contributed by atoms with Crippen LogP contribution in [0, 0.1) is 0 Å². The highest BCUT2D eigenvalue weighted by Gasteiger charge is 2.88. The van der Waals surface area contributed by atoms with Crippen molar-refractivity contribution < 1.29 is 0 Å². The van der Waals surface area contributed by atoms with Crippen LogP contribution in [0.15, 0.2) is 0 Å². The number of nitrogens with one attached hydrogen (secondary N) is 1. The van der Waals surface area contributed by atoms with Crippen LogP contribution in [0.2, 0.25) is 0 Å². The zero-order valence-electron chi connectivity index (χ0n) is 31.4. The lowest BCUT2D eigenvalue weighted by Crippen LogP contribution is -2.76. The molecule has 0 aromatic heterocycles. The van der Waals surface area contributed by atoms with Crippen LogP contribution in [-0.2, 0) is 0 Å². The van der Waals surface area contributed by atoms with Crippen LogP contribution in [0.4, 0.5) is 0 Å². The third-order valence-corrected chi connectivity index (χ3v) is 43.7. The van der Waals surface area contributed by atoms with Gasteiger partial charge in [0.05, 0.1) is 0 Å². The highest BCUT2D eigenvalue weighted by molar-refractivity contribution is 6.88. The van der Waals surface area contributed by atoms with Crippen molar-refractivity contribution in [3.05, 3.63) is 0 Å². The topological polar surface area (TPSA) is 12.0 Å². The van der Waals surface area contributed by atoms with Gasteiger partial charge in [0.15, 0.2) is 78.0 Å². The van der Waals surface area contributed by atoms with E-state index in [2.05, 4.69) is 0 Å². The summed E-state index contributed by atoms with van der Waals surface area (Å²) >= 11 is 321. The largest absolute Gasteiger partial charge is 0.249 e. The number of hydrogen-bond donors (Lipinski definition) is 1. The Hall–Kier alpha value is 14.5. The summed E-state index contributed by atoms with van der Waals surface area (Å²) in [6.45, 7) is 0. The van der Waals surface area contributed by atoms with E-state index in [9.17, 15) is 0 Å². The number of alkyl halides is 50. The van der Waals surface area contributed by atoms with Crippen LogP contribution in [-0.4, -0.2) is 103 Å². The number of rotatable bonds is 22. The first-order valence-corrected chi connectivity index (χ1v) is 34.3. The summed E-state index contributed by atoms with van der Waals surface area (Å²) < 4.78 is -85.2. The average Bonchev–Trinajstić information content (AvgIpc) is 3.14. The van der Waals surface area contributed by atoms with Gasteiger partial charge in [0.2, 0.25) is 25.2 Å². The Bertz CT molecular complexity index is 1910. The van der Waals surface area contributed by atoms with Crippen LogP contribution in [0.25, 0.3) is 0 Å². The molecule has 51 heteroatoms. The lowest BCUT2D eigenvalue weighted by Gasteiger charge is -2.58. The Balaban J connectivity index is 7.90. The van der Waals surface area contributed by atoms with E-state index >= 15 is 0 Å². The molecule has 0 heterocycles. The Labute approximate surface area is 676 Å². The van der Waals surface area contributed by atoms with E-state index in [-0.39, 0.29) is 0 Å². The number of hydrogen-bond acceptors (Lipinski definition) is 1. The first kappa shape index (κ1) is 89.5. The second kappa shape index (κ2) is 26.6. The average molecular weight is 2080 g/mol. The molecule has 0 atom stereocenters. The molecule has 0 fully saturated rings. The van der Waals surface area contributed by atoms with Crippen molar-refractivity contribution in [2.24, 2.45) is 0 Å². The van der Waals surface area contributed by atoms with Gasteiger partial charge >= 0.3 is 0 Å². The molecule has 0 aromatic rings. The Morgan fingerprint density at radius 1 is 0.107 bits per heavy atom. The fourth-order valence-electron chi connectivity index (χ4n) is 4.26. The molecular formula is C24HCl50N. The van der Waals surface area contributed by atoms with Gasteiger partial charge in [-0.15, -0.1) is 0 Å². The summed E-state index contributed by atoms with van der Waals surface area (Å²) in [6.07, 6.45) is 0. The molecule has 1 N–H and O–H groups in total. The molecule has 452 valence electrons. The first-order chi connectivity index (χ1) is 31.2. The molecule has 0 amide bonds. The molecule has 0 rings (SSSR count). The van der Waals surface area contributed by atoms with Crippen molar-refractivity contribution in [2.75, 3.05) is 0 Å². The molecule has 0 aromatic carbocycles. The predicted octanol–water partition coefficient (Wildman–Crippen LogP) is 29.1. The van der Waals surface area contributed by atoms with Crippen molar-refractivity contribution in [2.45, 2.75) is 103 Å². The van der Waals surface area contributed by atoms with Gasteiger partial charge in [-0.1, -0.05) is 580 Å². The summed E-state index contributed by atoms with van der Waals surface area (Å²) in [4.78, 5) is 0. The van der Waals surface area contributed by atoms with Crippen molar-refractivity contribution in [3.63, 3.8) is 0 Å². The predicted molar refractivity (Wildman–Crippen MR) is 361 cm³/mol. The first-order valence-electron chi connectivity index (χ1n) is 15.4. The summed E-state index contributed by atoms with van der Waals surface area (Å²) in [6, 6.07) is 0. The molecule has 0 unspecified atom stereocenters. The van der Waals surface area contributed by atoms with Crippen molar-refractivity contribution in [1.29, 1.82) is 0 Å². The quantitative estimate of drug-likeness (QED) is 0.0841. The van der Waals surface area contributed by atoms with E-state index in [4.69, 9.17) is 580 Å². The maximum atomic E-state index is 6.62. The minimum Gasteiger partial charge on any atom is -0.249 e. The van der Waals surface area contributed by atoms with E-state index in [1.807, 2.05) is 5.32 Å². The van der Waals surface area contributed by atoms with Crippen LogP contribution in [0.3, 0.4) is 0 Å². The van der Waals surface area contributed by atoms with Gasteiger partial charge in [-0.25, -0.2) is 5.32 Å². The smallest absolute Gasteiger partial charge is 0.226 e. The van der Waals surface area contributed by atoms with E-state index in [0.717, 1.165) is 0 Å². The minimum absolute atomic E-state index is 1.81. The van der Waals surface area contributed by atoms with Crippen LogP contribution >= 0.6 is 580 Å². The van der Waals surface area contributed by atoms with Gasteiger partial charge in [0.25, 0.3) is 0 Å². The van der Waals surface area contributed by atoms with Gasteiger partial charge in [-0.05, 0) is 0 Å². The molecule has 0 radical (unpaired) electrons. The summed E-state index contributed by atoms with van der Waals surface area (Å²) in [5, 5.41) is 1.81. The maximum absolute atomic E-state index is 6.62. The lowest BCUT2D eigenvalue weighted by atomic mass is 9.98. The lowest BCUT2D eigenvalue weighted by molar-refractivity contribution is 0.363. The fraction of sp³-hybridized carbons (Fsp3) is 1.00. The molecule has 0 bridgehead atoms. The highest BCUT2D eigenvalue weighted by atomic mass is 35.6. The third-order valence-electron chi connectivity index (χ3n) is 8.91. The maximum Gasteiger partial charge on any atom is 0.226 e. The van der Waals surface area contributed by atoms with E-state index in [0.29, 0.717) is 0 Å². The third kappa shape index (κ3) is 13.9. The highest BCUT2D eigenvalue weighted by Crippen LogP contribution is 2.79. The van der Waals surface area contributed by atoms with Gasteiger partial charge < -0.3 is 0 Å². The Morgan fingerprint density at radius 3 is 0.280 bits per heavy atom. The van der Waals surface area contributed by atoms with Crippen molar-refractivity contribution in [3.8, 4) is 0 Å². The molecular weight excluding hydrogens is 2070 g/mol. The fourth-order valence-corrected chi connectivity index (χ4v) is 20.9. The monoisotopic (exact) mass is 2050 g/mol. The van der Waals surface area contributed by atoms with Crippen molar-refractivity contribution >= 4 is 580 Å². The Kier molecular flexibility index (Phi) is 31.7. The van der Waals surface area contributed by atoms with E-state index in [1.165, 1.54) is 0 Å². The van der Waals surface area contributed by atoms with Crippen molar-refractivity contribution in [1.82, 2.24) is 5.32 Å². The molecule has 75 heavy (non-hydrogen) atoms. The van der Waals surface area contributed by atoms with Gasteiger partial charge in [-0.3, -0.25) is 0 Å². The van der Waals surface area contributed by atoms with E-state index < -0.39 is 103 Å². The normalized spacial score (nSPS) is 17.5. The SMILES string of the molecule is ClC(Cl)(Cl)C(Cl)(Cl)C(Cl)(Cl)C(Cl)(Cl)C(Cl)(Cl)C(Cl)(Cl)C(Cl)(Cl)C(Cl)(Cl)C(Cl)(Cl)C(Cl)(Cl)C(Cl)(Cl)C(Cl)(Cl)NC(Cl)(Cl)C(Cl)(Cl)C(Cl)(Cl)C(Cl)(Cl)C(Cl)(Cl)C(Cl)(Cl)C(Cl)(Cl)C(Cl)(Cl)C(Cl)(Cl)C(Cl)(Cl)C(Cl)(Cl)C(Cl)(Cl)Cl. The number of halogens is 50. The summed E-state index contributed by atoms with van der Waals surface area (Å²) in [7, 11) is 0. The second-order valence-corrected chi connectivity index (χ2v) is 47.5. The molecule has 0 spiro atoms. The van der Waals surface area contributed by atoms with Crippen LogP contribution in [0.1, 0.15) is 0 Å². The van der Waals surface area contributed by atoms with E-state index in [1.54, 1.807) is 0 Å². The minimum atomic E-state index is -3.78. The molecule has 0 aliphatic rings.